The first-order valence-corrected chi connectivity index (χ1v) is 15.5. The highest BCUT2D eigenvalue weighted by Crippen LogP contribution is 2.61. The molecule has 218 valence electrons. The average molecular weight is 576 g/mol. The lowest BCUT2D eigenvalue weighted by Gasteiger charge is -2.52. The molecule has 0 aliphatic heterocycles. The number of Topliss-reactive ketones (excluding diaryl/α,β-unsaturated/α-hetero) is 1. The molecule has 2 N–H and O–H groups in total. The summed E-state index contributed by atoms with van der Waals surface area (Å²) in [6, 6.07) is 4.01. The summed E-state index contributed by atoms with van der Waals surface area (Å²) in [5, 5.41) is 19.9. The van der Waals surface area contributed by atoms with Gasteiger partial charge in [0.25, 0.3) is 0 Å². The Bertz CT molecular complexity index is 1090. The van der Waals surface area contributed by atoms with E-state index in [0.717, 1.165) is 30.4 Å². The maximum absolute atomic E-state index is 13.2. The molecule has 1 aromatic rings. The van der Waals surface area contributed by atoms with Crippen LogP contribution in [0.4, 0.5) is 22.0 Å². The Hall–Kier alpha value is -1.33. The molecule has 0 aromatic heterocycles. The number of rotatable bonds is 10. The standard InChI is InChI=1S/C28H38BF5O4S/c1-3-17-15-21-19(16-23(17)29(36)37)14-18(25-20(21)9-11-26(2)22(25)7-8-24(26)35)6-4-12-39(38)13-5-10-27(30,31)28(32,33)34/h15-16,18,20,22,25,36-37H,3-14H2,1-2H3/t18-,20-,22+,25-,26+,39?/m1/s1. The second-order valence-electron chi connectivity index (χ2n) is 11.9. The lowest BCUT2D eigenvalue weighted by molar-refractivity contribution is -0.284. The summed E-state index contributed by atoms with van der Waals surface area (Å²) in [6.45, 7) is 4.07. The van der Waals surface area contributed by atoms with Gasteiger partial charge in [0.2, 0.25) is 0 Å². The second kappa shape index (κ2) is 11.5. The second-order valence-corrected chi connectivity index (χ2v) is 13.6. The third-order valence-electron chi connectivity index (χ3n) is 9.75. The van der Waals surface area contributed by atoms with Crippen molar-refractivity contribution in [2.24, 2.45) is 23.2 Å². The van der Waals surface area contributed by atoms with Crippen LogP contribution in [0.25, 0.3) is 0 Å². The van der Waals surface area contributed by atoms with Gasteiger partial charge in [0.05, 0.1) is 0 Å². The third-order valence-corrected chi connectivity index (χ3v) is 11.2. The number of alkyl halides is 5. The van der Waals surface area contributed by atoms with Crippen LogP contribution in [0.1, 0.15) is 87.8 Å². The Morgan fingerprint density at radius 1 is 1.10 bits per heavy atom. The molecule has 4 rings (SSSR count). The van der Waals surface area contributed by atoms with Gasteiger partial charge in [0.15, 0.2) is 0 Å². The van der Waals surface area contributed by atoms with Gasteiger partial charge in [0.1, 0.15) is 5.78 Å². The number of carbonyl (C=O) groups excluding carboxylic acids is 1. The molecule has 39 heavy (non-hydrogen) atoms. The van der Waals surface area contributed by atoms with Crippen molar-refractivity contribution in [2.45, 2.75) is 96.1 Å². The van der Waals surface area contributed by atoms with Crippen molar-refractivity contribution in [1.82, 2.24) is 0 Å². The van der Waals surface area contributed by atoms with Gasteiger partial charge in [-0.1, -0.05) is 26.0 Å². The summed E-state index contributed by atoms with van der Waals surface area (Å²) >= 11 is 0. The Balaban J connectivity index is 1.48. The molecule has 0 bridgehead atoms. The van der Waals surface area contributed by atoms with Crippen LogP contribution in [0.3, 0.4) is 0 Å². The predicted octanol–water partition coefficient (Wildman–Crippen LogP) is 5.09. The molecule has 3 aliphatic carbocycles. The van der Waals surface area contributed by atoms with Crippen molar-refractivity contribution >= 4 is 29.2 Å². The highest BCUT2D eigenvalue weighted by atomic mass is 32.2. The molecular formula is C28H38BF5O4S. The number of hydrogen-bond acceptors (Lipinski definition) is 4. The zero-order valence-electron chi connectivity index (χ0n) is 22.5. The van der Waals surface area contributed by atoms with Crippen molar-refractivity contribution in [3.8, 4) is 0 Å². The van der Waals surface area contributed by atoms with Gasteiger partial charge in [0, 0.05) is 40.6 Å². The first-order valence-electron chi connectivity index (χ1n) is 14.0. The summed E-state index contributed by atoms with van der Waals surface area (Å²) in [6.07, 6.45) is -1.69. The topological polar surface area (TPSA) is 74.6 Å². The molecule has 3 aliphatic rings. The van der Waals surface area contributed by atoms with E-state index in [4.69, 9.17) is 0 Å². The van der Waals surface area contributed by atoms with E-state index in [-0.39, 0.29) is 40.6 Å². The molecule has 2 fully saturated rings. The molecule has 0 radical (unpaired) electrons. The van der Waals surface area contributed by atoms with Crippen LogP contribution in [-0.4, -0.2) is 50.8 Å². The number of carbonyl (C=O) groups is 1. The fraction of sp³-hybridized carbons (Fsp3) is 0.750. The SMILES string of the molecule is CCc1cc2c(cc1B(O)O)C[C@@H](CCCS(=O)CCCC(F)(F)C(F)(F)F)[C@@H]1[C@@H]2CC[C@]2(C)C(=O)CC[C@@H]12. The van der Waals surface area contributed by atoms with Crippen LogP contribution in [0.2, 0.25) is 0 Å². The predicted molar refractivity (Wildman–Crippen MR) is 141 cm³/mol. The molecule has 0 amide bonds. The Morgan fingerprint density at radius 3 is 2.44 bits per heavy atom. The highest BCUT2D eigenvalue weighted by molar-refractivity contribution is 7.84. The van der Waals surface area contributed by atoms with Gasteiger partial charge in [-0.2, -0.15) is 22.0 Å². The summed E-state index contributed by atoms with van der Waals surface area (Å²) < 4.78 is 76.0. The number of fused-ring (bicyclic) bond motifs is 5. The zero-order valence-corrected chi connectivity index (χ0v) is 23.4. The maximum Gasteiger partial charge on any atom is 0.488 e. The number of hydrogen-bond donors (Lipinski definition) is 2. The minimum absolute atomic E-state index is 0.181. The quantitative estimate of drug-likeness (QED) is 0.301. The molecule has 2 saturated carbocycles. The van der Waals surface area contributed by atoms with E-state index in [9.17, 15) is 41.0 Å². The van der Waals surface area contributed by atoms with Crippen molar-refractivity contribution in [1.29, 1.82) is 0 Å². The van der Waals surface area contributed by atoms with Crippen LogP contribution in [0.5, 0.6) is 0 Å². The van der Waals surface area contributed by atoms with Gasteiger partial charge in [-0.3, -0.25) is 9.00 Å². The van der Waals surface area contributed by atoms with E-state index in [1.165, 1.54) is 5.56 Å². The van der Waals surface area contributed by atoms with E-state index >= 15 is 0 Å². The first-order chi connectivity index (χ1) is 18.2. The average Bonchev–Trinajstić information content (AvgIpc) is 3.16. The molecule has 0 saturated heterocycles. The van der Waals surface area contributed by atoms with Gasteiger partial charge in [-0.25, -0.2) is 0 Å². The molecule has 6 atom stereocenters. The van der Waals surface area contributed by atoms with Crippen molar-refractivity contribution in [3.05, 3.63) is 28.8 Å². The number of halogens is 5. The minimum atomic E-state index is -5.59. The van der Waals surface area contributed by atoms with Gasteiger partial charge >= 0.3 is 19.2 Å². The van der Waals surface area contributed by atoms with Gasteiger partial charge < -0.3 is 10.0 Å². The Kier molecular flexibility index (Phi) is 9.04. The van der Waals surface area contributed by atoms with E-state index in [0.29, 0.717) is 43.4 Å². The van der Waals surface area contributed by atoms with Crippen molar-refractivity contribution < 1.29 is 41.0 Å². The normalized spacial score (nSPS) is 29.5. The lowest BCUT2D eigenvalue weighted by Crippen LogP contribution is -2.47. The minimum Gasteiger partial charge on any atom is -0.423 e. The molecule has 4 nitrogen and oxygen atoms in total. The number of benzene rings is 1. The van der Waals surface area contributed by atoms with Crippen LogP contribution >= 0.6 is 0 Å². The van der Waals surface area contributed by atoms with Crippen molar-refractivity contribution in [3.63, 3.8) is 0 Å². The smallest absolute Gasteiger partial charge is 0.423 e. The van der Waals surface area contributed by atoms with Gasteiger partial charge in [-0.05, 0) is 97.2 Å². The van der Waals surface area contributed by atoms with Crippen LogP contribution in [0, 0.1) is 23.2 Å². The number of ketones is 1. The van der Waals surface area contributed by atoms with Crippen LogP contribution < -0.4 is 5.46 Å². The third kappa shape index (κ3) is 6.01. The zero-order chi connectivity index (χ0) is 28.8. The maximum atomic E-state index is 13.2. The molecule has 11 heteroatoms. The molecule has 0 spiro atoms. The summed E-state index contributed by atoms with van der Waals surface area (Å²) in [7, 11) is -3.07. The largest absolute Gasteiger partial charge is 0.488 e. The number of aryl methyl sites for hydroxylation is 1. The molecule has 1 unspecified atom stereocenters. The monoisotopic (exact) mass is 576 g/mol. The molecular weight excluding hydrogens is 538 g/mol. The van der Waals surface area contributed by atoms with Crippen molar-refractivity contribution in [2.75, 3.05) is 11.5 Å². The van der Waals surface area contributed by atoms with E-state index in [2.05, 4.69) is 13.0 Å². The lowest BCUT2D eigenvalue weighted by atomic mass is 9.52. The first kappa shape index (κ1) is 30.6. The van der Waals surface area contributed by atoms with Gasteiger partial charge in [-0.15, -0.1) is 0 Å². The fourth-order valence-electron chi connectivity index (χ4n) is 7.70. The summed E-state index contributed by atoms with van der Waals surface area (Å²) in [4.78, 5) is 12.9. The molecule has 0 heterocycles. The van der Waals surface area contributed by atoms with E-state index < -0.39 is 42.9 Å². The fourth-order valence-corrected chi connectivity index (χ4v) is 8.86. The molecule has 1 aromatic carbocycles. The Morgan fingerprint density at radius 2 is 1.79 bits per heavy atom. The Labute approximate surface area is 229 Å². The van der Waals surface area contributed by atoms with E-state index in [1.54, 1.807) is 0 Å². The summed E-state index contributed by atoms with van der Waals surface area (Å²) in [5.74, 6) is -3.49. The van der Waals surface area contributed by atoms with Crippen LogP contribution in [0.15, 0.2) is 12.1 Å². The van der Waals surface area contributed by atoms with E-state index in [1.807, 2.05) is 13.0 Å². The summed E-state index contributed by atoms with van der Waals surface area (Å²) in [5.41, 5.74) is 3.36. The highest BCUT2D eigenvalue weighted by Gasteiger charge is 2.57. The van der Waals surface area contributed by atoms with Crippen LogP contribution in [-0.2, 0) is 28.4 Å².